The summed E-state index contributed by atoms with van der Waals surface area (Å²) in [5, 5.41) is 7.20. The van der Waals surface area contributed by atoms with E-state index in [9.17, 15) is 4.39 Å². The van der Waals surface area contributed by atoms with Gasteiger partial charge in [0.25, 0.3) is 0 Å². The van der Waals surface area contributed by atoms with Gasteiger partial charge in [-0.15, -0.1) is 0 Å². The Morgan fingerprint density at radius 1 is 1.12 bits per heavy atom. The van der Waals surface area contributed by atoms with Gasteiger partial charge in [0.15, 0.2) is 11.6 Å². The fraction of sp³-hybridized carbons (Fsp3) is 0.680. The van der Waals surface area contributed by atoms with Crippen LogP contribution in [0, 0.1) is 5.82 Å². The zero-order valence-electron chi connectivity index (χ0n) is 20.2. The van der Waals surface area contributed by atoms with Gasteiger partial charge in [-0.1, -0.05) is 38.7 Å². The second-order valence-electron chi connectivity index (χ2n) is 9.36. The Labute approximate surface area is 197 Å². The standard InChI is InChI=1S/C25H39FN6O/c1-3-31-14-8-11-21(31)16-27-24-28-18-32(17-19-12-13-23(33-2)22(26)15-19)25(30-24)29-20-9-6-4-5-7-10-20/h12-13,15,20-21H,3-11,14,16-18H2,1-2H3,(H2,27,28,29,30). The molecule has 0 radical (unpaired) electrons. The van der Waals surface area contributed by atoms with Crippen molar-refractivity contribution in [1.29, 1.82) is 0 Å². The number of halogens is 1. The molecule has 0 bridgehead atoms. The number of guanidine groups is 2. The lowest BCUT2D eigenvalue weighted by Crippen LogP contribution is -2.50. The van der Waals surface area contributed by atoms with E-state index in [4.69, 9.17) is 14.7 Å². The van der Waals surface area contributed by atoms with Gasteiger partial charge in [-0.2, -0.15) is 4.99 Å². The minimum absolute atomic E-state index is 0.264. The Bertz CT molecular complexity index is 836. The van der Waals surface area contributed by atoms with Crippen LogP contribution in [0.4, 0.5) is 4.39 Å². The summed E-state index contributed by atoms with van der Waals surface area (Å²) in [6.45, 7) is 6.40. The summed E-state index contributed by atoms with van der Waals surface area (Å²) in [6.07, 6.45) is 9.93. The second-order valence-corrected chi connectivity index (χ2v) is 9.36. The zero-order chi connectivity index (χ0) is 23.0. The minimum Gasteiger partial charge on any atom is -0.494 e. The van der Waals surface area contributed by atoms with E-state index < -0.39 is 0 Å². The first-order valence-corrected chi connectivity index (χ1v) is 12.6. The first-order chi connectivity index (χ1) is 16.2. The highest BCUT2D eigenvalue weighted by atomic mass is 19.1. The van der Waals surface area contributed by atoms with Gasteiger partial charge < -0.3 is 20.3 Å². The molecule has 0 aromatic heterocycles. The van der Waals surface area contributed by atoms with Crippen molar-refractivity contribution in [3.8, 4) is 5.75 Å². The molecule has 1 aromatic rings. The number of hydrogen-bond donors (Lipinski definition) is 2. The van der Waals surface area contributed by atoms with Crippen molar-refractivity contribution in [1.82, 2.24) is 20.4 Å². The molecule has 4 rings (SSSR count). The molecule has 1 saturated heterocycles. The van der Waals surface area contributed by atoms with Crippen molar-refractivity contribution in [2.24, 2.45) is 9.98 Å². The minimum atomic E-state index is -0.342. The van der Waals surface area contributed by atoms with Crippen molar-refractivity contribution in [3.63, 3.8) is 0 Å². The Morgan fingerprint density at radius 3 is 2.67 bits per heavy atom. The maximum atomic E-state index is 14.3. The predicted molar refractivity (Wildman–Crippen MR) is 131 cm³/mol. The fourth-order valence-electron chi connectivity index (χ4n) is 5.16. The van der Waals surface area contributed by atoms with Gasteiger partial charge in [-0.3, -0.25) is 4.90 Å². The van der Waals surface area contributed by atoms with Crippen LogP contribution < -0.4 is 15.4 Å². The first-order valence-electron chi connectivity index (χ1n) is 12.6. The van der Waals surface area contributed by atoms with Crippen molar-refractivity contribution in [2.45, 2.75) is 76.9 Å². The molecule has 0 spiro atoms. The summed E-state index contributed by atoms with van der Waals surface area (Å²) in [5.74, 6) is 1.46. The fourth-order valence-corrected chi connectivity index (χ4v) is 5.16. The smallest absolute Gasteiger partial charge is 0.223 e. The highest BCUT2D eigenvalue weighted by Crippen LogP contribution is 2.21. The maximum absolute atomic E-state index is 14.3. The van der Waals surface area contributed by atoms with Crippen LogP contribution in [0.3, 0.4) is 0 Å². The molecular weight excluding hydrogens is 419 g/mol. The normalized spacial score (nSPS) is 22.5. The molecule has 2 N–H and O–H groups in total. The van der Waals surface area contributed by atoms with E-state index in [0.29, 0.717) is 31.3 Å². The quantitative estimate of drug-likeness (QED) is 0.610. The van der Waals surface area contributed by atoms with Crippen molar-refractivity contribution in [3.05, 3.63) is 29.6 Å². The van der Waals surface area contributed by atoms with Crippen molar-refractivity contribution in [2.75, 3.05) is 33.4 Å². The highest BCUT2D eigenvalue weighted by molar-refractivity contribution is 5.96. The van der Waals surface area contributed by atoms with Gasteiger partial charge in [0.05, 0.1) is 7.11 Å². The Morgan fingerprint density at radius 2 is 1.94 bits per heavy atom. The van der Waals surface area contributed by atoms with E-state index in [-0.39, 0.29) is 11.6 Å². The molecule has 182 valence electrons. The molecule has 2 fully saturated rings. The van der Waals surface area contributed by atoms with Crippen LogP contribution in [-0.2, 0) is 6.54 Å². The van der Waals surface area contributed by atoms with E-state index in [0.717, 1.165) is 37.5 Å². The van der Waals surface area contributed by atoms with Crippen LogP contribution in [0.2, 0.25) is 0 Å². The van der Waals surface area contributed by atoms with Gasteiger partial charge in [0.1, 0.15) is 6.67 Å². The van der Waals surface area contributed by atoms with E-state index in [1.54, 1.807) is 12.1 Å². The van der Waals surface area contributed by atoms with Crippen molar-refractivity contribution < 1.29 is 9.13 Å². The first kappa shape index (κ1) is 23.8. The molecule has 1 atom stereocenters. The predicted octanol–water partition coefficient (Wildman–Crippen LogP) is 3.71. The number of benzene rings is 1. The summed E-state index contributed by atoms with van der Waals surface area (Å²) in [5.41, 5.74) is 0.875. The summed E-state index contributed by atoms with van der Waals surface area (Å²) < 4.78 is 19.3. The van der Waals surface area contributed by atoms with E-state index in [1.807, 2.05) is 6.07 Å². The third-order valence-corrected chi connectivity index (χ3v) is 7.08. The Kier molecular flexibility index (Phi) is 8.42. The van der Waals surface area contributed by atoms with Gasteiger partial charge in [-0.05, 0) is 56.5 Å². The molecule has 7 nitrogen and oxygen atoms in total. The molecule has 1 unspecified atom stereocenters. The number of aliphatic imine (C=N–C) groups is 2. The van der Waals surface area contributed by atoms with E-state index in [1.165, 1.54) is 52.2 Å². The Hall–Kier alpha value is -2.35. The lowest BCUT2D eigenvalue weighted by atomic mass is 10.1. The number of ether oxygens (including phenoxy) is 1. The SMILES string of the molecule is CCN1CCCC1CNC1=NCN(Cc2ccc(OC)c(F)c2)C(NC2CCCCCC2)=N1. The van der Waals surface area contributed by atoms with E-state index in [2.05, 4.69) is 27.4 Å². The molecule has 2 aliphatic heterocycles. The number of hydrogen-bond acceptors (Lipinski definition) is 7. The van der Waals surface area contributed by atoms with Crippen LogP contribution in [0.15, 0.2) is 28.2 Å². The van der Waals surface area contributed by atoms with E-state index >= 15 is 0 Å². The second kappa shape index (κ2) is 11.7. The lowest BCUT2D eigenvalue weighted by molar-refractivity contribution is 0.267. The summed E-state index contributed by atoms with van der Waals surface area (Å²) in [4.78, 5) is 14.2. The monoisotopic (exact) mass is 458 g/mol. The van der Waals surface area contributed by atoms with Crippen LogP contribution >= 0.6 is 0 Å². The van der Waals surface area contributed by atoms with Crippen LogP contribution in [0.25, 0.3) is 0 Å². The molecule has 2 heterocycles. The number of rotatable bonds is 7. The highest BCUT2D eigenvalue weighted by Gasteiger charge is 2.25. The van der Waals surface area contributed by atoms with Gasteiger partial charge in [0, 0.05) is 25.2 Å². The molecule has 8 heteroatoms. The number of methoxy groups -OCH3 is 1. The maximum Gasteiger partial charge on any atom is 0.223 e. The lowest BCUT2D eigenvalue weighted by Gasteiger charge is -2.31. The molecule has 33 heavy (non-hydrogen) atoms. The zero-order valence-corrected chi connectivity index (χ0v) is 20.2. The molecule has 1 saturated carbocycles. The number of likely N-dealkylation sites (N-methyl/N-ethyl adjacent to an activating group) is 1. The molecule has 1 aromatic carbocycles. The summed E-state index contributed by atoms with van der Waals surface area (Å²) in [7, 11) is 1.48. The number of likely N-dealkylation sites (tertiary alicyclic amines) is 1. The van der Waals surface area contributed by atoms with Crippen LogP contribution in [0.1, 0.15) is 63.9 Å². The van der Waals surface area contributed by atoms with Crippen LogP contribution in [0.5, 0.6) is 5.75 Å². The Balaban J connectivity index is 1.45. The van der Waals surface area contributed by atoms with Crippen molar-refractivity contribution >= 4 is 11.9 Å². The van der Waals surface area contributed by atoms with Gasteiger partial charge in [-0.25, -0.2) is 9.38 Å². The third kappa shape index (κ3) is 6.37. The third-order valence-electron chi connectivity index (χ3n) is 7.08. The van der Waals surface area contributed by atoms with Crippen LogP contribution in [-0.4, -0.2) is 67.2 Å². The van der Waals surface area contributed by atoms with Gasteiger partial charge in [0.2, 0.25) is 11.9 Å². The summed E-state index contributed by atoms with van der Waals surface area (Å²) in [6, 6.07) is 6.10. The topological polar surface area (TPSA) is 64.5 Å². The number of nitrogens with one attached hydrogen (secondary N) is 2. The molecule has 1 aliphatic carbocycles. The largest absolute Gasteiger partial charge is 0.494 e. The average Bonchev–Trinajstić information content (AvgIpc) is 3.13. The number of nitrogens with zero attached hydrogens (tertiary/aromatic N) is 4. The average molecular weight is 459 g/mol. The van der Waals surface area contributed by atoms with Gasteiger partial charge >= 0.3 is 0 Å². The molecule has 3 aliphatic rings. The molecular formula is C25H39FN6O. The molecule has 0 amide bonds. The summed E-state index contributed by atoms with van der Waals surface area (Å²) >= 11 is 0.